The van der Waals surface area contributed by atoms with Crippen molar-refractivity contribution in [3.05, 3.63) is 59.2 Å². The Balaban J connectivity index is 2.40. The number of rotatable bonds is 0. The van der Waals surface area contributed by atoms with Crippen LogP contribution >= 0.6 is 0 Å². The minimum atomic E-state index is 0.714. The lowest BCUT2D eigenvalue weighted by Gasteiger charge is -2.06. The molecule has 3 rings (SSSR count). The quantitative estimate of drug-likeness (QED) is 0.523. The second-order valence-corrected chi connectivity index (χ2v) is 4.81. The fourth-order valence-corrected chi connectivity index (χ4v) is 2.35. The van der Waals surface area contributed by atoms with Crippen LogP contribution in [0.4, 0.5) is 0 Å². The molecule has 0 N–H and O–H groups in total. The van der Waals surface area contributed by atoms with Crippen LogP contribution in [-0.4, -0.2) is 0 Å². The minimum absolute atomic E-state index is 0.714. The van der Waals surface area contributed by atoms with E-state index in [0.29, 0.717) is 5.56 Å². The van der Waals surface area contributed by atoms with Gasteiger partial charge in [-0.05, 0) is 70.8 Å². The van der Waals surface area contributed by atoms with Crippen molar-refractivity contribution in [3.63, 3.8) is 0 Å². The van der Waals surface area contributed by atoms with Crippen molar-refractivity contribution in [2.45, 2.75) is 13.8 Å². The van der Waals surface area contributed by atoms with Crippen LogP contribution in [0.25, 0.3) is 21.5 Å². The molecular formula is C17H13N. The Morgan fingerprint density at radius 3 is 1.89 bits per heavy atom. The van der Waals surface area contributed by atoms with Crippen molar-refractivity contribution in [1.29, 1.82) is 5.26 Å². The van der Waals surface area contributed by atoms with Crippen LogP contribution < -0.4 is 0 Å². The average molecular weight is 231 g/mol. The number of aryl methyl sites for hydroxylation is 2. The second kappa shape index (κ2) is 3.85. The third-order valence-electron chi connectivity index (χ3n) is 3.54. The minimum Gasteiger partial charge on any atom is -0.192 e. The molecule has 0 aliphatic rings. The summed E-state index contributed by atoms with van der Waals surface area (Å²) in [6.07, 6.45) is 0. The van der Waals surface area contributed by atoms with Crippen molar-refractivity contribution in [2.75, 3.05) is 0 Å². The van der Waals surface area contributed by atoms with Gasteiger partial charge in [-0.3, -0.25) is 0 Å². The van der Waals surface area contributed by atoms with Crippen molar-refractivity contribution < 1.29 is 0 Å². The van der Waals surface area contributed by atoms with E-state index in [1.807, 2.05) is 18.2 Å². The van der Waals surface area contributed by atoms with E-state index < -0.39 is 0 Å². The van der Waals surface area contributed by atoms with Crippen molar-refractivity contribution in [3.8, 4) is 6.07 Å². The molecule has 0 heterocycles. The van der Waals surface area contributed by atoms with E-state index in [1.54, 1.807) is 0 Å². The summed E-state index contributed by atoms with van der Waals surface area (Å²) < 4.78 is 0. The highest BCUT2D eigenvalue weighted by Crippen LogP contribution is 2.26. The number of hydrogen-bond acceptors (Lipinski definition) is 1. The van der Waals surface area contributed by atoms with Crippen molar-refractivity contribution in [2.24, 2.45) is 0 Å². The summed E-state index contributed by atoms with van der Waals surface area (Å²) >= 11 is 0. The molecule has 18 heavy (non-hydrogen) atoms. The van der Waals surface area contributed by atoms with E-state index in [4.69, 9.17) is 5.26 Å². The molecule has 0 radical (unpaired) electrons. The van der Waals surface area contributed by atoms with E-state index >= 15 is 0 Å². The average Bonchev–Trinajstić information content (AvgIpc) is 2.37. The molecule has 1 nitrogen and oxygen atoms in total. The Hall–Kier alpha value is -2.33. The third kappa shape index (κ3) is 1.63. The van der Waals surface area contributed by atoms with Crippen LogP contribution in [0.5, 0.6) is 0 Å². The molecule has 3 aromatic carbocycles. The summed E-state index contributed by atoms with van der Waals surface area (Å²) in [7, 11) is 0. The molecule has 0 unspecified atom stereocenters. The van der Waals surface area contributed by atoms with E-state index in [-0.39, 0.29) is 0 Å². The van der Waals surface area contributed by atoms with Gasteiger partial charge in [0.15, 0.2) is 0 Å². The largest absolute Gasteiger partial charge is 0.192 e. The molecule has 0 fully saturated rings. The van der Waals surface area contributed by atoms with E-state index in [1.165, 1.54) is 27.3 Å². The second-order valence-electron chi connectivity index (χ2n) is 4.81. The van der Waals surface area contributed by atoms with Crippen LogP contribution in [-0.2, 0) is 0 Å². The number of nitrogens with zero attached hydrogens (tertiary/aromatic N) is 1. The fraction of sp³-hybridized carbons (Fsp3) is 0.118. The Labute approximate surface area is 106 Å². The SMILES string of the molecule is Cc1cc2cc3ccc(C#N)cc3cc2cc1C. The van der Waals surface area contributed by atoms with Gasteiger partial charge in [-0.2, -0.15) is 5.26 Å². The lowest BCUT2D eigenvalue weighted by Crippen LogP contribution is -1.83. The number of fused-ring (bicyclic) bond motifs is 2. The van der Waals surface area contributed by atoms with Crippen molar-refractivity contribution in [1.82, 2.24) is 0 Å². The Kier molecular flexibility index (Phi) is 2.31. The molecule has 3 aromatic rings. The summed E-state index contributed by atoms with van der Waals surface area (Å²) in [4.78, 5) is 0. The lowest BCUT2D eigenvalue weighted by molar-refractivity contribution is 1.37. The molecule has 0 aromatic heterocycles. The number of hydrogen-bond donors (Lipinski definition) is 0. The lowest BCUT2D eigenvalue weighted by atomic mass is 9.98. The van der Waals surface area contributed by atoms with Gasteiger partial charge in [-0.15, -0.1) is 0 Å². The first kappa shape index (κ1) is 10.8. The molecule has 0 atom stereocenters. The van der Waals surface area contributed by atoms with Gasteiger partial charge in [0, 0.05) is 0 Å². The van der Waals surface area contributed by atoms with Gasteiger partial charge in [0.25, 0.3) is 0 Å². The zero-order valence-electron chi connectivity index (χ0n) is 10.5. The summed E-state index contributed by atoms with van der Waals surface area (Å²) in [6.45, 7) is 4.27. The molecule has 1 heteroatoms. The summed E-state index contributed by atoms with van der Waals surface area (Å²) in [6, 6.07) is 16.8. The normalized spacial score (nSPS) is 10.7. The third-order valence-corrected chi connectivity index (χ3v) is 3.54. The molecule has 0 spiro atoms. The Morgan fingerprint density at radius 1 is 0.722 bits per heavy atom. The molecular weight excluding hydrogens is 218 g/mol. The topological polar surface area (TPSA) is 23.8 Å². The smallest absolute Gasteiger partial charge is 0.0991 e. The van der Waals surface area contributed by atoms with E-state index in [0.717, 1.165) is 5.39 Å². The zero-order chi connectivity index (χ0) is 12.7. The van der Waals surface area contributed by atoms with Gasteiger partial charge in [-0.1, -0.05) is 18.2 Å². The van der Waals surface area contributed by atoms with Gasteiger partial charge in [-0.25, -0.2) is 0 Å². The predicted molar refractivity (Wildman–Crippen MR) is 75.6 cm³/mol. The first-order valence-electron chi connectivity index (χ1n) is 6.02. The molecule has 0 saturated heterocycles. The van der Waals surface area contributed by atoms with Gasteiger partial charge in [0.2, 0.25) is 0 Å². The molecule has 86 valence electrons. The van der Waals surface area contributed by atoms with E-state index in [9.17, 15) is 0 Å². The summed E-state index contributed by atoms with van der Waals surface area (Å²) in [5.74, 6) is 0. The predicted octanol–water partition coefficient (Wildman–Crippen LogP) is 4.48. The maximum Gasteiger partial charge on any atom is 0.0991 e. The van der Waals surface area contributed by atoms with Gasteiger partial charge in [0.05, 0.1) is 11.6 Å². The van der Waals surface area contributed by atoms with E-state index in [2.05, 4.69) is 44.2 Å². The van der Waals surface area contributed by atoms with Crippen LogP contribution in [0.3, 0.4) is 0 Å². The molecule has 0 aliphatic carbocycles. The van der Waals surface area contributed by atoms with Crippen LogP contribution in [0.2, 0.25) is 0 Å². The monoisotopic (exact) mass is 231 g/mol. The zero-order valence-corrected chi connectivity index (χ0v) is 10.5. The highest BCUT2D eigenvalue weighted by atomic mass is 14.2. The molecule has 0 amide bonds. The number of benzene rings is 3. The highest BCUT2D eigenvalue weighted by Gasteiger charge is 2.02. The Morgan fingerprint density at radius 2 is 1.28 bits per heavy atom. The van der Waals surface area contributed by atoms with Crippen LogP contribution in [0.1, 0.15) is 16.7 Å². The maximum atomic E-state index is 8.94. The van der Waals surface area contributed by atoms with Gasteiger partial charge >= 0.3 is 0 Å². The fourth-order valence-electron chi connectivity index (χ4n) is 2.35. The Bertz CT molecular complexity index is 807. The molecule has 0 saturated carbocycles. The van der Waals surface area contributed by atoms with Crippen LogP contribution in [0.15, 0.2) is 42.5 Å². The van der Waals surface area contributed by atoms with Gasteiger partial charge in [0.1, 0.15) is 0 Å². The first-order valence-corrected chi connectivity index (χ1v) is 6.02. The molecule has 0 aliphatic heterocycles. The van der Waals surface area contributed by atoms with Crippen molar-refractivity contribution >= 4 is 21.5 Å². The van der Waals surface area contributed by atoms with Crippen LogP contribution in [0, 0.1) is 25.2 Å². The summed E-state index contributed by atoms with van der Waals surface area (Å²) in [5.41, 5.74) is 3.33. The van der Waals surface area contributed by atoms with Gasteiger partial charge < -0.3 is 0 Å². The highest BCUT2D eigenvalue weighted by molar-refractivity contribution is 5.99. The molecule has 0 bridgehead atoms. The maximum absolute atomic E-state index is 8.94. The first-order chi connectivity index (χ1) is 8.67. The standard InChI is InChI=1S/C17H13N/c1-11-5-15-8-14-4-3-13(10-18)7-17(14)9-16(15)6-12(11)2/h3-9H,1-2H3. The number of nitriles is 1. The summed E-state index contributed by atoms with van der Waals surface area (Å²) in [5, 5.41) is 13.8.